The smallest absolute Gasteiger partial charge is 0.261 e. The zero-order valence-electron chi connectivity index (χ0n) is 14.3. The van der Waals surface area contributed by atoms with Crippen LogP contribution in [0.1, 0.15) is 30.4 Å². The van der Waals surface area contributed by atoms with Gasteiger partial charge in [0.05, 0.1) is 0 Å². The van der Waals surface area contributed by atoms with Crippen molar-refractivity contribution in [3.63, 3.8) is 0 Å². The van der Waals surface area contributed by atoms with Gasteiger partial charge in [0.25, 0.3) is 5.91 Å². The highest BCUT2D eigenvalue weighted by molar-refractivity contribution is 5.82. The van der Waals surface area contributed by atoms with Gasteiger partial charge in [0.15, 0.2) is 6.10 Å². The molecule has 0 unspecified atom stereocenters. The van der Waals surface area contributed by atoms with Gasteiger partial charge in [-0.1, -0.05) is 48.5 Å². The maximum atomic E-state index is 12.6. The zero-order chi connectivity index (χ0) is 17.3. The molecule has 2 aromatic rings. The zero-order valence-corrected chi connectivity index (χ0v) is 14.3. The van der Waals surface area contributed by atoms with E-state index in [0.717, 1.165) is 31.4 Å². The van der Waals surface area contributed by atoms with E-state index >= 15 is 0 Å². The summed E-state index contributed by atoms with van der Waals surface area (Å²) in [5, 5.41) is 3.16. The maximum Gasteiger partial charge on any atom is 0.261 e. The number of amides is 1. The fourth-order valence-corrected chi connectivity index (χ4v) is 4.10. The number of fused-ring (bicyclic) bond motifs is 1. The Morgan fingerprint density at radius 3 is 2.60 bits per heavy atom. The van der Waals surface area contributed by atoms with Gasteiger partial charge in [-0.2, -0.15) is 0 Å². The first kappa shape index (κ1) is 16.2. The van der Waals surface area contributed by atoms with E-state index in [1.807, 2.05) is 36.4 Å². The minimum Gasteiger partial charge on any atom is -0.480 e. The summed E-state index contributed by atoms with van der Waals surface area (Å²) in [6.45, 7) is 0.608. The highest BCUT2D eigenvalue weighted by atomic mass is 16.5. The molecule has 0 aromatic heterocycles. The van der Waals surface area contributed by atoms with Crippen LogP contribution in [0.15, 0.2) is 54.6 Å². The number of aryl methyl sites for hydroxylation is 1. The molecule has 25 heavy (non-hydrogen) atoms. The van der Waals surface area contributed by atoms with Crippen molar-refractivity contribution >= 4 is 5.91 Å². The third-order valence-electron chi connectivity index (χ3n) is 5.61. The first-order chi connectivity index (χ1) is 12.2. The number of nitrogens with two attached hydrogens (primary N) is 1. The molecule has 1 atom stereocenters. The Morgan fingerprint density at radius 1 is 1.12 bits per heavy atom. The Bertz CT molecular complexity index is 754. The second kappa shape index (κ2) is 6.52. The molecule has 1 heterocycles. The largest absolute Gasteiger partial charge is 0.480 e. The number of nitrogens with one attached hydrogen (secondary N) is 1. The average molecular weight is 336 g/mol. The fourth-order valence-electron chi connectivity index (χ4n) is 4.10. The summed E-state index contributed by atoms with van der Waals surface area (Å²) in [5.41, 5.74) is 8.50. The van der Waals surface area contributed by atoms with E-state index in [4.69, 9.17) is 10.5 Å². The predicted molar refractivity (Wildman–Crippen MR) is 97.5 cm³/mol. The van der Waals surface area contributed by atoms with E-state index in [1.165, 1.54) is 11.1 Å². The Labute approximate surface area is 148 Å². The van der Waals surface area contributed by atoms with E-state index in [-0.39, 0.29) is 23.5 Å². The van der Waals surface area contributed by atoms with Gasteiger partial charge in [-0.15, -0.1) is 0 Å². The second-order valence-electron chi connectivity index (χ2n) is 7.22. The molecule has 1 aliphatic carbocycles. The highest BCUT2D eigenvalue weighted by Gasteiger charge is 2.45. The monoisotopic (exact) mass is 336 g/mol. The van der Waals surface area contributed by atoms with Gasteiger partial charge in [0, 0.05) is 18.0 Å². The Kier molecular flexibility index (Phi) is 4.22. The van der Waals surface area contributed by atoms with Crippen molar-refractivity contribution in [1.82, 2.24) is 5.32 Å². The number of benzene rings is 2. The lowest BCUT2D eigenvalue weighted by atomic mass is 9.61. The van der Waals surface area contributed by atoms with Gasteiger partial charge in [0.1, 0.15) is 5.75 Å². The molecule has 4 rings (SSSR count). The van der Waals surface area contributed by atoms with Crippen molar-refractivity contribution < 1.29 is 9.53 Å². The molecular weight excluding hydrogens is 312 g/mol. The summed E-state index contributed by atoms with van der Waals surface area (Å²) in [6, 6.07) is 18.5. The van der Waals surface area contributed by atoms with Gasteiger partial charge in [-0.3, -0.25) is 4.79 Å². The van der Waals surface area contributed by atoms with Crippen LogP contribution in [0.5, 0.6) is 5.75 Å². The van der Waals surface area contributed by atoms with E-state index in [9.17, 15) is 4.79 Å². The van der Waals surface area contributed by atoms with Crippen LogP contribution in [0.2, 0.25) is 0 Å². The number of carbonyl (C=O) groups excluding carboxylic acids is 1. The molecule has 4 nitrogen and oxygen atoms in total. The number of hydrogen-bond acceptors (Lipinski definition) is 3. The first-order valence-corrected chi connectivity index (χ1v) is 9.01. The average Bonchev–Trinajstić information content (AvgIpc) is 2.64. The molecule has 0 saturated heterocycles. The van der Waals surface area contributed by atoms with Crippen LogP contribution in [0.3, 0.4) is 0 Å². The second-order valence-corrected chi connectivity index (χ2v) is 7.22. The van der Waals surface area contributed by atoms with E-state index in [1.54, 1.807) is 0 Å². The van der Waals surface area contributed by atoms with E-state index in [0.29, 0.717) is 6.54 Å². The Hall–Kier alpha value is -2.33. The molecule has 2 aliphatic rings. The van der Waals surface area contributed by atoms with Gasteiger partial charge >= 0.3 is 0 Å². The standard InChI is InChI=1S/C21H24N2O2/c22-14-21(16-7-2-1-3-8-16)12-17(13-21)23-20(24)19-11-10-15-6-4-5-9-18(15)25-19/h1-9,17,19H,10-14,22H2,(H,23,24)/t17?,19-,21?/m0/s1. The van der Waals surface area contributed by atoms with Gasteiger partial charge in [-0.05, 0) is 42.9 Å². The van der Waals surface area contributed by atoms with Crippen molar-refractivity contribution in [2.75, 3.05) is 6.54 Å². The van der Waals surface area contributed by atoms with Crippen molar-refractivity contribution in [3.05, 3.63) is 65.7 Å². The van der Waals surface area contributed by atoms with Crippen LogP contribution < -0.4 is 15.8 Å². The van der Waals surface area contributed by atoms with Crippen molar-refractivity contribution in [3.8, 4) is 5.75 Å². The summed E-state index contributed by atoms with van der Waals surface area (Å²) < 4.78 is 5.89. The lowest BCUT2D eigenvalue weighted by Gasteiger charge is -2.48. The molecule has 1 aliphatic heterocycles. The number of hydrogen-bond donors (Lipinski definition) is 2. The first-order valence-electron chi connectivity index (χ1n) is 9.01. The molecule has 4 heteroatoms. The molecule has 130 valence electrons. The third-order valence-corrected chi connectivity index (χ3v) is 5.61. The molecule has 1 amide bonds. The quantitative estimate of drug-likeness (QED) is 0.902. The minimum absolute atomic E-state index is 0.000766. The minimum atomic E-state index is -0.389. The molecule has 3 N–H and O–H groups in total. The van der Waals surface area contributed by atoms with Crippen LogP contribution in [-0.4, -0.2) is 24.6 Å². The van der Waals surface area contributed by atoms with Crippen LogP contribution in [-0.2, 0) is 16.6 Å². The summed E-state index contributed by atoms with van der Waals surface area (Å²) >= 11 is 0. The molecule has 0 spiro atoms. The van der Waals surface area contributed by atoms with Gasteiger partial charge in [0.2, 0.25) is 0 Å². The maximum absolute atomic E-state index is 12.6. The summed E-state index contributed by atoms with van der Waals surface area (Å²) in [7, 11) is 0. The van der Waals surface area contributed by atoms with Gasteiger partial charge < -0.3 is 15.8 Å². The molecule has 0 bridgehead atoms. The molecule has 1 fully saturated rings. The van der Waals surface area contributed by atoms with Crippen LogP contribution in [0.25, 0.3) is 0 Å². The predicted octanol–water partition coefficient (Wildman–Crippen LogP) is 2.56. The third kappa shape index (κ3) is 3.02. The number of ether oxygens (including phenoxy) is 1. The lowest BCUT2D eigenvalue weighted by Crippen LogP contribution is -2.58. The van der Waals surface area contributed by atoms with E-state index in [2.05, 4.69) is 23.5 Å². The highest BCUT2D eigenvalue weighted by Crippen LogP contribution is 2.43. The number of rotatable bonds is 4. The molecular formula is C21H24N2O2. The van der Waals surface area contributed by atoms with Crippen molar-refractivity contribution in [1.29, 1.82) is 0 Å². The number of carbonyl (C=O) groups is 1. The van der Waals surface area contributed by atoms with Crippen molar-refractivity contribution in [2.24, 2.45) is 5.73 Å². The van der Waals surface area contributed by atoms with Crippen LogP contribution >= 0.6 is 0 Å². The molecule has 1 saturated carbocycles. The SMILES string of the molecule is NCC1(c2ccccc2)CC(NC(=O)[C@@H]2CCc3ccccc3O2)C1. The summed E-state index contributed by atoms with van der Waals surface area (Å²) in [4.78, 5) is 12.6. The summed E-state index contributed by atoms with van der Waals surface area (Å²) in [6.07, 6.45) is 3.01. The van der Waals surface area contributed by atoms with Crippen LogP contribution in [0.4, 0.5) is 0 Å². The van der Waals surface area contributed by atoms with E-state index < -0.39 is 0 Å². The lowest BCUT2D eigenvalue weighted by molar-refractivity contribution is -0.130. The normalized spacial score (nSPS) is 27.6. The molecule has 0 radical (unpaired) electrons. The van der Waals surface area contributed by atoms with Crippen LogP contribution in [0, 0.1) is 0 Å². The number of para-hydroxylation sites is 1. The molecule has 2 aromatic carbocycles. The van der Waals surface area contributed by atoms with Gasteiger partial charge in [-0.25, -0.2) is 0 Å². The fraction of sp³-hybridized carbons (Fsp3) is 0.381. The topological polar surface area (TPSA) is 64.3 Å². The van der Waals surface area contributed by atoms with Crippen molar-refractivity contribution in [2.45, 2.75) is 43.2 Å². The Morgan fingerprint density at radius 2 is 1.84 bits per heavy atom. The Balaban J connectivity index is 1.36. The summed E-state index contributed by atoms with van der Waals surface area (Å²) in [5.74, 6) is 0.835.